The Morgan fingerprint density at radius 1 is 1.04 bits per heavy atom. The highest BCUT2D eigenvalue weighted by Crippen LogP contribution is 2.21. The number of carboxylic acid groups (broad SMARTS) is 2. The first-order valence-corrected chi connectivity index (χ1v) is 8.46. The second-order valence-electron chi connectivity index (χ2n) is 6.35. The van der Waals surface area contributed by atoms with Crippen LogP contribution in [0.2, 0.25) is 0 Å². The molecule has 0 aliphatic heterocycles. The van der Waals surface area contributed by atoms with Crippen LogP contribution in [0, 0.1) is 0 Å². The summed E-state index contributed by atoms with van der Waals surface area (Å²) in [5, 5.41) is 19.3. The molecule has 3 N–H and O–H groups in total. The number of aliphatic carboxylic acids is 2. The number of rotatable bonds is 6. The maximum atomic E-state index is 9.55. The summed E-state index contributed by atoms with van der Waals surface area (Å²) >= 11 is 0. The molecule has 6 nitrogen and oxygen atoms in total. The van der Waals surface area contributed by atoms with Gasteiger partial charge in [-0.15, -0.1) is 0 Å². The average Bonchev–Trinajstić information content (AvgIpc) is 2.60. The van der Waals surface area contributed by atoms with E-state index in [-0.39, 0.29) is 0 Å². The fraction of sp³-hybridized carbons (Fsp3) is 0.474. The monoisotopic (exact) mass is 348 g/mol. The minimum Gasteiger partial charge on any atom is -0.478 e. The van der Waals surface area contributed by atoms with Crippen LogP contribution in [0.1, 0.15) is 31.2 Å². The van der Waals surface area contributed by atoms with Crippen LogP contribution in [0.25, 0.3) is 0 Å². The molecular weight excluding hydrogens is 320 g/mol. The summed E-state index contributed by atoms with van der Waals surface area (Å²) in [6.07, 6.45) is 6.41. The van der Waals surface area contributed by atoms with Gasteiger partial charge in [0.2, 0.25) is 0 Å². The molecule has 0 saturated heterocycles. The maximum Gasteiger partial charge on any atom is 0.328 e. The molecular formula is C19H28N2O4. The average molecular weight is 348 g/mol. The lowest BCUT2D eigenvalue weighted by atomic mass is 9.90. The standard InChI is InChI=1S/C15H24N2.C4H4O4/c1-17(2)15-10-8-14(9-11-15)16-12-13-6-4-3-5-7-13;5-3(6)1-2-4(7)8/h3-7,14-16H,8-12H2,1-2H3;1-2H,(H,5,6)(H,7,8)/t14-,15-;. The number of hydrogen-bond acceptors (Lipinski definition) is 4. The molecule has 0 radical (unpaired) electrons. The minimum atomic E-state index is -1.26. The van der Waals surface area contributed by atoms with E-state index in [2.05, 4.69) is 54.6 Å². The lowest BCUT2D eigenvalue weighted by Crippen LogP contribution is -2.39. The molecule has 1 aromatic carbocycles. The number of carbonyl (C=O) groups is 2. The van der Waals surface area contributed by atoms with Gasteiger partial charge < -0.3 is 20.4 Å². The molecule has 1 fully saturated rings. The zero-order valence-corrected chi connectivity index (χ0v) is 14.9. The van der Waals surface area contributed by atoms with Crippen molar-refractivity contribution in [2.24, 2.45) is 0 Å². The van der Waals surface area contributed by atoms with Gasteiger partial charge in [0.05, 0.1) is 0 Å². The van der Waals surface area contributed by atoms with Crippen molar-refractivity contribution >= 4 is 11.9 Å². The summed E-state index contributed by atoms with van der Waals surface area (Å²) in [6, 6.07) is 12.2. The zero-order chi connectivity index (χ0) is 18.7. The smallest absolute Gasteiger partial charge is 0.328 e. The number of nitrogens with one attached hydrogen (secondary N) is 1. The van der Waals surface area contributed by atoms with Crippen molar-refractivity contribution in [1.29, 1.82) is 0 Å². The van der Waals surface area contributed by atoms with Crippen molar-refractivity contribution in [3.8, 4) is 0 Å². The van der Waals surface area contributed by atoms with Crippen LogP contribution in [-0.2, 0) is 16.1 Å². The zero-order valence-electron chi connectivity index (χ0n) is 14.9. The summed E-state index contributed by atoms with van der Waals surface area (Å²) in [4.78, 5) is 21.5. The Morgan fingerprint density at radius 2 is 1.56 bits per heavy atom. The summed E-state index contributed by atoms with van der Waals surface area (Å²) < 4.78 is 0. The third-order valence-electron chi connectivity index (χ3n) is 4.23. The lowest BCUT2D eigenvalue weighted by Gasteiger charge is -2.33. The summed E-state index contributed by atoms with van der Waals surface area (Å²) in [6.45, 7) is 1.01. The van der Waals surface area contributed by atoms with E-state index in [9.17, 15) is 9.59 Å². The predicted octanol–water partition coefficient (Wildman–Crippen LogP) is 2.36. The summed E-state index contributed by atoms with van der Waals surface area (Å²) in [7, 11) is 4.39. The van der Waals surface area contributed by atoms with Gasteiger partial charge in [-0.1, -0.05) is 30.3 Å². The largest absolute Gasteiger partial charge is 0.478 e. The van der Waals surface area contributed by atoms with E-state index in [0.29, 0.717) is 18.2 Å². The van der Waals surface area contributed by atoms with Crippen LogP contribution in [0.15, 0.2) is 42.5 Å². The molecule has 0 spiro atoms. The minimum absolute atomic E-state index is 0.558. The van der Waals surface area contributed by atoms with Gasteiger partial charge in [-0.3, -0.25) is 0 Å². The third kappa shape index (κ3) is 9.64. The van der Waals surface area contributed by atoms with Gasteiger partial charge in [-0.25, -0.2) is 9.59 Å². The number of hydrogen-bond donors (Lipinski definition) is 3. The quantitative estimate of drug-likeness (QED) is 0.684. The van der Waals surface area contributed by atoms with E-state index in [4.69, 9.17) is 10.2 Å². The van der Waals surface area contributed by atoms with Crippen molar-refractivity contribution in [3.05, 3.63) is 48.0 Å². The van der Waals surface area contributed by atoms with Crippen molar-refractivity contribution in [1.82, 2.24) is 10.2 Å². The fourth-order valence-electron chi connectivity index (χ4n) is 2.80. The van der Waals surface area contributed by atoms with Crippen LogP contribution < -0.4 is 5.32 Å². The molecule has 0 unspecified atom stereocenters. The van der Waals surface area contributed by atoms with E-state index < -0.39 is 11.9 Å². The van der Waals surface area contributed by atoms with E-state index in [1.807, 2.05) is 0 Å². The third-order valence-corrected chi connectivity index (χ3v) is 4.23. The Labute approximate surface area is 149 Å². The Morgan fingerprint density at radius 3 is 2.00 bits per heavy atom. The van der Waals surface area contributed by atoms with Crippen molar-refractivity contribution in [2.75, 3.05) is 14.1 Å². The first-order valence-electron chi connectivity index (χ1n) is 8.46. The molecule has 1 aliphatic carbocycles. The molecule has 0 heterocycles. The van der Waals surface area contributed by atoms with Crippen LogP contribution in [0.3, 0.4) is 0 Å². The van der Waals surface area contributed by atoms with E-state index in [1.165, 1.54) is 31.2 Å². The Bertz CT molecular complexity index is 534. The molecule has 2 rings (SSSR count). The highest BCUT2D eigenvalue weighted by atomic mass is 16.4. The van der Waals surface area contributed by atoms with Gasteiger partial charge in [0.1, 0.15) is 0 Å². The van der Waals surface area contributed by atoms with Gasteiger partial charge in [-0.2, -0.15) is 0 Å². The topological polar surface area (TPSA) is 89.9 Å². The summed E-state index contributed by atoms with van der Waals surface area (Å²) in [5.74, 6) is -2.51. The molecule has 1 saturated carbocycles. The first kappa shape index (κ1) is 20.9. The normalized spacial score (nSPS) is 20.1. The van der Waals surface area contributed by atoms with Gasteiger partial charge in [-0.05, 0) is 45.3 Å². The van der Waals surface area contributed by atoms with E-state index >= 15 is 0 Å². The van der Waals surface area contributed by atoms with Gasteiger partial charge in [0.15, 0.2) is 0 Å². The van der Waals surface area contributed by atoms with Gasteiger partial charge in [0.25, 0.3) is 0 Å². The molecule has 138 valence electrons. The predicted molar refractivity (Wildman–Crippen MR) is 97.4 cm³/mol. The van der Waals surface area contributed by atoms with Crippen LogP contribution >= 0.6 is 0 Å². The second-order valence-corrected chi connectivity index (χ2v) is 6.35. The SMILES string of the molecule is CN(C)[C@H]1CC[C@H](NCc2ccccc2)CC1.O=C(O)C=CC(=O)O. The van der Waals surface area contributed by atoms with Crippen molar-refractivity contribution < 1.29 is 19.8 Å². The molecule has 25 heavy (non-hydrogen) atoms. The Kier molecular flexibility index (Phi) is 9.50. The first-order chi connectivity index (χ1) is 11.9. The van der Waals surface area contributed by atoms with E-state index in [0.717, 1.165) is 12.6 Å². The van der Waals surface area contributed by atoms with Gasteiger partial charge in [0, 0.05) is 30.8 Å². The highest BCUT2D eigenvalue weighted by Gasteiger charge is 2.21. The van der Waals surface area contributed by atoms with Gasteiger partial charge >= 0.3 is 11.9 Å². The maximum absolute atomic E-state index is 9.55. The highest BCUT2D eigenvalue weighted by molar-refractivity contribution is 5.89. The number of nitrogens with zero attached hydrogens (tertiary/aromatic N) is 1. The Hall–Kier alpha value is -2.18. The number of carboxylic acids is 2. The molecule has 6 heteroatoms. The molecule has 1 aromatic rings. The molecule has 0 amide bonds. The molecule has 0 bridgehead atoms. The van der Waals surface area contributed by atoms with Crippen molar-refractivity contribution in [3.63, 3.8) is 0 Å². The van der Waals surface area contributed by atoms with Crippen LogP contribution in [0.5, 0.6) is 0 Å². The van der Waals surface area contributed by atoms with Crippen molar-refractivity contribution in [2.45, 2.75) is 44.3 Å². The molecule has 0 aromatic heterocycles. The lowest BCUT2D eigenvalue weighted by molar-refractivity contribution is -0.134. The summed E-state index contributed by atoms with van der Waals surface area (Å²) in [5.41, 5.74) is 1.39. The van der Waals surface area contributed by atoms with E-state index in [1.54, 1.807) is 0 Å². The van der Waals surface area contributed by atoms with Crippen LogP contribution in [0.4, 0.5) is 0 Å². The second kappa shape index (κ2) is 11.4. The molecule has 1 aliphatic rings. The fourth-order valence-corrected chi connectivity index (χ4v) is 2.80. The molecule has 0 atom stereocenters. The number of benzene rings is 1. The Balaban J connectivity index is 0.000000333. The van der Waals surface area contributed by atoms with Crippen LogP contribution in [-0.4, -0.2) is 53.2 Å².